The smallest absolute Gasteiger partial charge is 0.120 e. The minimum absolute atomic E-state index is 0.171. The average molecular weight is 272 g/mol. The molecule has 0 saturated heterocycles. The zero-order valence-electron chi connectivity index (χ0n) is 11.3. The molecule has 0 unspecified atom stereocenters. The molecule has 1 aromatic carbocycles. The fourth-order valence-corrected chi connectivity index (χ4v) is 1.89. The summed E-state index contributed by atoms with van der Waals surface area (Å²) in [6.07, 6.45) is 0.998. The van der Waals surface area contributed by atoms with Crippen molar-refractivity contribution in [3.05, 3.63) is 28.8 Å². The zero-order valence-corrected chi connectivity index (χ0v) is 12.0. The third kappa shape index (κ3) is 5.25. The van der Waals surface area contributed by atoms with Crippen LogP contribution in [0.1, 0.15) is 25.8 Å². The molecule has 0 heterocycles. The molecule has 1 aromatic rings. The van der Waals surface area contributed by atoms with Crippen molar-refractivity contribution in [3.8, 4) is 5.75 Å². The number of ether oxygens (including phenoxy) is 1. The van der Waals surface area contributed by atoms with Crippen LogP contribution in [0.3, 0.4) is 0 Å². The summed E-state index contributed by atoms with van der Waals surface area (Å²) >= 11 is 5.90. The Hall–Kier alpha value is -0.770. The van der Waals surface area contributed by atoms with E-state index in [9.17, 15) is 5.11 Å². The monoisotopic (exact) mass is 271 g/mol. The number of benzene rings is 1. The standard InChI is InChI=1S/C14H22ClNO2/c1-14(2,6-7-18-3)10-16-9-11-8-12(15)4-5-13(11)17/h4-5,8,16-17H,6-7,9-10H2,1-3H3. The minimum atomic E-state index is 0.171. The Morgan fingerprint density at radius 3 is 2.78 bits per heavy atom. The van der Waals surface area contributed by atoms with E-state index < -0.39 is 0 Å². The number of halogens is 1. The van der Waals surface area contributed by atoms with Crippen molar-refractivity contribution in [2.45, 2.75) is 26.8 Å². The van der Waals surface area contributed by atoms with Gasteiger partial charge in [-0.1, -0.05) is 25.4 Å². The first-order valence-corrected chi connectivity index (χ1v) is 6.49. The lowest BCUT2D eigenvalue weighted by Crippen LogP contribution is -2.30. The Balaban J connectivity index is 2.43. The number of methoxy groups -OCH3 is 1. The second kappa shape index (κ2) is 6.98. The zero-order chi connectivity index (χ0) is 13.6. The summed E-state index contributed by atoms with van der Waals surface area (Å²) in [5, 5.41) is 13.7. The summed E-state index contributed by atoms with van der Waals surface area (Å²) in [5.41, 5.74) is 0.995. The highest BCUT2D eigenvalue weighted by atomic mass is 35.5. The molecule has 0 saturated carbocycles. The predicted octanol–water partition coefficient (Wildman–Crippen LogP) is 3.20. The van der Waals surface area contributed by atoms with Crippen LogP contribution < -0.4 is 5.32 Å². The maximum Gasteiger partial charge on any atom is 0.120 e. The third-order valence-electron chi connectivity index (χ3n) is 2.94. The van der Waals surface area contributed by atoms with E-state index in [4.69, 9.17) is 16.3 Å². The molecule has 0 radical (unpaired) electrons. The Morgan fingerprint density at radius 1 is 1.39 bits per heavy atom. The van der Waals surface area contributed by atoms with Gasteiger partial charge in [0, 0.05) is 37.4 Å². The van der Waals surface area contributed by atoms with Crippen LogP contribution in [-0.4, -0.2) is 25.4 Å². The number of rotatable bonds is 7. The van der Waals surface area contributed by atoms with Crippen LogP contribution in [0, 0.1) is 5.41 Å². The molecule has 0 bridgehead atoms. The first-order valence-electron chi connectivity index (χ1n) is 6.12. The van der Waals surface area contributed by atoms with Gasteiger partial charge < -0.3 is 15.2 Å². The number of phenols is 1. The van der Waals surface area contributed by atoms with E-state index in [-0.39, 0.29) is 11.2 Å². The fraction of sp³-hybridized carbons (Fsp3) is 0.571. The summed E-state index contributed by atoms with van der Waals surface area (Å²) in [5.74, 6) is 0.279. The second-order valence-electron chi connectivity index (χ2n) is 5.28. The van der Waals surface area contributed by atoms with Crippen molar-refractivity contribution in [3.63, 3.8) is 0 Å². The quantitative estimate of drug-likeness (QED) is 0.800. The topological polar surface area (TPSA) is 41.5 Å². The minimum Gasteiger partial charge on any atom is -0.508 e. The van der Waals surface area contributed by atoms with Gasteiger partial charge in [0.05, 0.1) is 0 Å². The van der Waals surface area contributed by atoms with Gasteiger partial charge in [-0.3, -0.25) is 0 Å². The SMILES string of the molecule is COCCC(C)(C)CNCc1cc(Cl)ccc1O. The lowest BCUT2D eigenvalue weighted by Gasteiger charge is -2.24. The van der Waals surface area contributed by atoms with Crippen molar-refractivity contribution in [2.75, 3.05) is 20.3 Å². The van der Waals surface area contributed by atoms with E-state index in [1.807, 2.05) is 0 Å². The molecule has 0 amide bonds. The molecule has 0 aliphatic heterocycles. The van der Waals surface area contributed by atoms with Crippen LogP contribution in [-0.2, 0) is 11.3 Å². The average Bonchev–Trinajstić information content (AvgIpc) is 2.31. The van der Waals surface area contributed by atoms with Gasteiger partial charge in [-0.2, -0.15) is 0 Å². The van der Waals surface area contributed by atoms with E-state index in [1.165, 1.54) is 0 Å². The molecule has 0 fully saturated rings. The number of phenolic OH excluding ortho intramolecular Hbond substituents is 1. The molecule has 2 N–H and O–H groups in total. The molecule has 4 heteroatoms. The van der Waals surface area contributed by atoms with Crippen LogP contribution in [0.15, 0.2) is 18.2 Å². The van der Waals surface area contributed by atoms with Crippen LogP contribution in [0.4, 0.5) is 0 Å². The van der Waals surface area contributed by atoms with Gasteiger partial charge in [-0.05, 0) is 30.0 Å². The molecule has 0 aliphatic rings. The van der Waals surface area contributed by atoms with Crippen molar-refractivity contribution in [1.29, 1.82) is 0 Å². The molecule has 18 heavy (non-hydrogen) atoms. The summed E-state index contributed by atoms with van der Waals surface area (Å²) < 4.78 is 5.09. The van der Waals surface area contributed by atoms with Gasteiger partial charge in [0.2, 0.25) is 0 Å². The molecule has 1 rings (SSSR count). The molecule has 0 aliphatic carbocycles. The Labute approximate surface area is 114 Å². The molecule has 3 nitrogen and oxygen atoms in total. The lowest BCUT2D eigenvalue weighted by atomic mass is 9.89. The molecular weight excluding hydrogens is 250 g/mol. The molecule has 0 spiro atoms. The van der Waals surface area contributed by atoms with Crippen LogP contribution in [0.5, 0.6) is 5.75 Å². The highest BCUT2D eigenvalue weighted by molar-refractivity contribution is 6.30. The van der Waals surface area contributed by atoms with Crippen LogP contribution in [0.25, 0.3) is 0 Å². The van der Waals surface area contributed by atoms with Gasteiger partial charge in [-0.25, -0.2) is 0 Å². The number of hydrogen-bond acceptors (Lipinski definition) is 3. The molecule has 0 aromatic heterocycles. The molecule has 102 valence electrons. The third-order valence-corrected chi connectivity index (χ3v) is 3.18. The predicted molar refractivity (Wildman–Crippen MR) is 75.1 cm³/mol. The Kier molecular flexibility index (Phi) is 5.93. The summed E-state index contributed by atoms with van der Waals surface area (Å²) in [7, 11) is 1.72. The summed E-state index contributed by atoms with van der Waals surface area (Å²) in [4.78, 5) is 0. The maximum absolute atomic E-state index is 9.69. The summed E-state index contributed by atoms with van der Waals surface area (Å²) in [6, 6.07) is 5.09. The van der Waals surface area contributed by atoms with E-state index in [2.05, 4.69) is 19.2 Å². The Morgan fingerprint density at radius 2 is 2.11 bits per heavy atom. The first kappa shape index (κ1) is 15.3. The highest BCUT2D eigenvalue weighted by Gasteiger charge is 2.17. The van der Waals surface area contributed by atoms with Crippen molar-refractivity contribution >= 4 is 11.6 Å². The lowest BCUT2D eigenvalue weighted by molar-refractivity contribution is 0.150. The van der Waals surface area contributed by atoms with Gasteiger partial charge in [-0.15, -0.1) is 0 Å². The normalized spacial score (nSPS) is 11.8. The second-order valence-corrected chi connectivity index (χ2v) is 5.72. The fourth-order valence-electron chi connectivity index (χ4n) is 1.70. The number of hydrogen-bond donors (Lipinski definition) is 2. The van der Waals surface area contributed by atoms with Gasteiger partial charge in [0.25, 0.3) is 0 Å². The van der Waals surface area contributed by atoms with Crippen LogP contribution >= 0.6 is 11.6 Å². The highest BCUT2D eigenvalue weighted by Crippen LogP contribution is 2.22. The summed E-state index contributed by atoms with van der Waals surface area (Å²) in [6.45, 7) is 6.62. The van der Waals surface area contributed by atoms with E-state index in [1.54, 1.807) is 25.3 Å². The Bertz CT molecular complexity index is 380. The van der Waals surface area contributed by atoms with Gasteiger partial charge in [0.1, 0.15) is 5.75 Å². The van der Waals surface area contributed by atoms with E-state index >= 15 is 0 Å². The number of aromatic hydroxyl groups is 1. The maximum atomic E-state index is 9.69. The van der Waals surface area contributed by atoms with Crippen LogP contribution in [0.2, 0.25) is 5.02 Å². The van der Waals surface area contributed by atoms with Crippen molar-refractivity contribution < 1.29 is 9.84 Å². The number of nitrogens with one attached hydrogen (secondary N) is 1. The van der Waals surface area contributed by atoms with Crippen molar-refractivity contribution in [2.24, 2.45) is 5.41 Å². The molecular formula is C14H22ClNO2. The van der Waals surface area contributed by atoms with E-state index in [0.717, 1.165) is 25.1 Å². The molecule has 0 atom stereocenters. The largest absolute Gasteiger partial charge is 0.508 e. The van der Waals surface area contributed by atoms with Crippen molar-refractivity contribution in [1.82, 2.24) is 5.32 Å². The van der Waals surface area contributed by atoms with Gasteiger partial charge >= 0.3 is 0 Å². The van der Waals surface area contributed by atoms with Gasteiger partial charge in [0.15, 0.2) is 0 Å². The van der Waals surface area contributed by atoms with E-state index in [0.29, 0.717) is 11.6 Å². The first-order chi connectivity index (χ1) is 8.44.